The van der Waals surface area contributed by atoms with Crippen LogP contribution in [0.1, 0.15) is 22.8 Å². The summed E-state index contributed by atoms with van der Waals surface area (Å²) in [7, 11) is 0. The molecule has 1 aromatic heterocycles. The molecule has 148 valence electrons. The quantitative estimate of drug-likeness (QED) is 0.392. The highest BCUT2D eigenvalue weighted by molar-refractivity contribution is 6.42. The fraction of sp³-hybridized carbons (Fsp3) is 0.167. The highest BCUT2D eigenvalue weighted by Crippen LogP contribution is 2.26. The monoisotopic (exact) mass is 424 g/mol. The summed E-state index contributed by atoms with van der Waals surface area (Å²) in [6.45, 7) is 1.89. The van der Waals surface area contributed by atoms with E-state index in [1.165, 1.54) is 16.5 Å². The molecule has 0 unspecified atom stereocenters. The first-order valence-corrected chi connectivity index (χ1v) is 10.3. The van der Waals surface area contributed by atoms with Crippen LogP contribution in [-0.2, 0) is 13.1 Å². The number of aliphatic hydroxyl groups is 1. The molecule has 4 rings (SSSR count). The van der Waals surface area contributed by atoms with Crippen LogP contribution in [0.4, 0.5) is 0 Å². The van der Waals surface area contributed by atoms with Crippen LogP contribution in [0.25, 0.3) is 10.9 Å². The number of fused-ring (bicyclic) bond motifs is 1. The van der Waals surface area contributed by atoms with E-state index in [1.54, 1.807) is 0 Å². The predicted octanol–water partition coefficient (Wildman–Crippen LogP) is 5.82. The number of rotatable bonds is 7. The fourth-order valence-corrected chi connectivity index (χ4v) is 3.89. The molecule has 29 heavy (non-hydrogen) atoms. The normalized spacial score (nSPS) is 12.4. The standard InChI is InChI=1S/C24H22Cl2N2O/c25-21-11-10-17(12-22(21)26)15-28-16-19(20-8-4-5-9-23(20)28)13-27-14-24(29)18-6-2-1-3-7-18/h1-12,16,24,27,29H,13-15H2/t24-/m0/s1. The number of nitrogens with zero attached hydrogens (tertiary/aromatic N) is 1. The maximum atomic E-state index is 10.4. The second-order valence-corrected chi connectivity index (χ2v) is 7.92. The summed E-state index contributed by atoms with van der Waals surface area (Å²) in [5, 5.41) is 16.1. The Hall–Kier alpha value is -2.30. The predicted molar refractivity (Wildman–Crippen MR) is 121 cm³/mol. The van der Waals surface area contributed by atoms with Crippen molar-refractivity contribution in [1.82, 2.24) is 9.88 Å². The van der Waals surface area contributed by atoms with E-state index in [0.29, 0.717) is 29.7 Å². The molecule has 5 heteroatoms. The van der Waals surface area contributed by atoms with Crippen molar-refractivity contribution in [2.24, 2.45) is 0 Å². The second kappa shape index (κ2) is 9.02. The van der Waals surface area contributed by atoms with Gasteiger partial charge in [0.25, 0.3) is 0 Å². The van der Waals surface area contributed by atoms with Gasteiger partial charge in [0.1, 0.15) is 0 Å². The van der Waals surface area contributed by atoms with Gasteiger partial charge in [-0.15, -0.1) is 0 Å². The molecule has 0 aliphatic rings. The average molecular weight is 425 g/mol. The summed E-state index contributed by atoms with van der Waals surface area (Å²) in [5.41, 5.74) is 4.38. The van der Waals surface area contributed by atoms with Gasteiger partial charge in [0.05, 0.1) is 16.1 Å². The molecule has 0 radical (unpaired) electrons. The van der Waals surface area contributed by atoms with Gasteiger partial charge in [-0.3, -0.25) is 0 Å². The van der Waals surface area contributed by atoms with Crippen LogP contribution in [0.3, 0.4) is 0 Å². The van der Waals surface area contributed by atoms with Crippen molar-refractivity contribution in [1.29, 1.82) is 0 Å². The second-order valence-electron chi connectivity index (χ2n) is 7.11. The third-order valence-corrected chi connectivity index (χ3v) is 5.78. The lowest BCUT2D eigenvalue weighted by molar-refractivity contribution is 0.174. The molecule has 0 aliphatic heterocycles. The fourth-order valence-electron chi connectivity index (χ4n) is 3.57. The molecule has 4 aromatic rings. The Kier molecular flexibility index (Phi) is 6.22. The van der Waals surface area contributed by atoms with E-state index in [2.05, 4.69) is 28.2 Å². The lowest BCUT2D eigenvalue weighted by atomic mass is 10.1. The smallest absolute Gasteiger partial charge is 0.0914 e. The van der Waals surface area contributed by atoms with Crippen LogP contribution in [0.5, 0.6) is 0 Å². The van der Waals surface area contributed by atoms with E-state index in [0.717, 1.165) is 11.1 Å². The zero-order valence-electron chi connectivity index (χ0n) is 15.9. The lowest BCUT2D eigenvalue weighted by Gasteiger charge is -2.11. The summed E-state index contributed by atoms with van der Waals surface area (Å²) >= 11 is 12.2. The zero-order chi connectivity index (χ0) is 20.2. The van der Waals surface area contributed by atoms with Crippen molar-refractivity contribution in [3.8, 4) is 0 Å². The Bertz CT molecular complexity index is 1110. The van der Waals surface area contributed by atoms with Crippen molar-refractivity contribution < 1.29 is 5.11 Å². The van der Waals surface area contributed by atoms with Crippen LogP contribution >= 0.6 is 23.2 Å². The molecule has 1 atom stereocenters. The van der Waals surface area contributed by atoms with Crippen molar-refractivity contribution in [2.45, 2.75) is 19.2 Å². The number of halogens is 2. The largest absolute Gasteiger partial charge is 0.387 e. The lowest BCUT2D eigenvalue weighted by Crippen LogP contribution is -2.20. The molecule has 1 heterocycles. The van der Waals surface area contributed by atoms with Gasteiger partial charge in [0, 0.05) is 36.7 Å². The van der Waals surface area contributed by atoms with Crippen molar-refractivity contribution >= 4 is 34.1 Å². The Labute approximate surface area is 180 Å². The van der Waals surface area contributed by atoms with Gasteiger partial charge < -0.3 is 15.0 Å². The summed E-state index contributed by atoms with van der Waals surface area (Å²) in [6, 6.07) is 23.8. The molecule has 0 bridgehead atoms. The van der Waals surface area contributed by atoms with Crippen LogP contribution in [-0.4, -0.2) is 16.2 Å². The van der Waals surface area contributed by atoms with Gasteiger partial charge in [-0.05, 0) is 34.9 Å². The van der Waals surface area contributed by atoms with E-state index >= 15 is 0 Å². The number of benzene rings is 3. The van der Waals surface area contributed by atoms with E-state index < -0.39 is 6.10 Å². The zero-order valence-corrected chi connectivity index (χ0v) is 17.4. The summed E-state index contributed by atoms with van der Waals surface area (Å²) in [6.07, 6.45) is 1.63. The summed E-state index contributed by atoms with van der Waals surface area (Å²) in [4.78, 5) is 0. The number of nitrogens with one attached hydrogen (secondary N) is 1. The number of hydrogen-bond donors (Lipinski definition) is 2. The first-order valence-electron chi connectivity index (χ1n) is 9.56. The number of aromatic nitrogens is 1. The first kappa shape index (κ1) is 20.0. The van der Waals surface area contributed by atoms with Gasteiger partial charge >= 0.3 is 0 Å². The SMILES string of the molecule is O[C@@H](CNCc1cn(Cc2ccc(Cl)c(Cl)c2)c2ccccc12)c1ccccc1. The first-order chi connectivity index (χ1) is 14.1. The van der Waals surface area contributed by atoms with Crippen molar-refractivity contribution in [2.75, 3.05) is 6.54 Å². The minimum absolute atomic E-state index is 0.496. The molecule has 0 saturated carbocycles. The van der Waals surface area contributed by atoms with E-state index in [-0.39, 0.29) is 0 Å². The molecule has 0 spiro atoms. The molecule has 3 aromatic carbocycles. The van der Waals surface area contributed by atoms with Gasteiger partial charge in [0.15, 0.2) is 0 Å². The van der Waals surface area contributed by atoms with E-state index in [9.17, 15) is 5.11 Å². The average Bonchev–Trinajstić information content (AvgIpc) is 3.09. The Balaban J connectivity index is 1.50. The van der Waals surface area contributed by atoms with Crippen LogP contribution in [0, 0.1) is 0 Å². The number of aliphatic hydroxyl groups excluding tert-OH is 1. The molecule has 0 saturated heterocycles. The number of hydrogen-bond acceptors (Lipinski definition) is 2. The van der Waals surface area contributed by atoms with Crippen LogP contribution < -0.4 is 5.32 Å². The van der Waals surface area contributed by atoms with Gasteiger partial charge in [-0.2, -0.15) is 0 Å². The summed E-state index contributed by atoms with van der Waals surface area (Å²) in [5.74, 6) is 0. The molecule has 0 amide bonds. The topological polar surface area (TPSA) is 37.2 Å². The van der Waals surface area contributed by atoms with Crippen LogP contribution in [0.2, 0.25) is 10.0 Å². The highest BCUT2D eigenvalue weighted by atomic mass is 35.5. The van der Waals surface area contributed by atoms with Crippen molar-refractivity contribution in [3.05, 3.63) is 106 Å². The molecule has 2 N–H and O–H groups in total. The number of para-hydroxylation sites is 1. The van der Waals surface area contributed by atoms with E-state index in [1.807, 2.05) is 60.7 Å². The minimum Gasteiger partial charge on any atom is -0.387 e. The molecule has 0 fully saturated rings. The highest BCUT2D eigenvalue weighted by Gasteiger charge is 2.11. The van der Waals surface area contributed by atoms with Gasteiger partial charge in [-0.25, -0.2) is 0 Å². The van der Waals surface area contributed by atoms with Crippen molar-refractivity contribution in [3.63, 3.8) is 0 Å². The Morgan fingerprint density at radius 2 is 1.66 bits per heavy atom. The molecule has 0 aliphatic carbocycles. The molecular formula is C24H22Cl2N2O. The minimum atomic E-state index is -0.527. The maximum absolute atomic E-state index is 10.4. The third kappa shape index (κ3) is 4.65. The van der Waals surface area contributed by atoms with Gasteiger partial charge in [0.2, 0.25) is 0 Å². The van der Waals surface area contributed by atoms with Crippen LogP contribution in [0.15, 0.2) is 79.0 Å². The van der Waals surface area contributed by atoms with E-state index in [4.69, 9.17) is 23.2 Å². The maximum Gasteiger partial charge on any atom is 0.0914 e. The molecule has 3 nitrogen and oxygen atoms in total. The Morgan fingerprint density at radius 1 is 0.897 bits per heavy atom. The van der Waals surface area contributed by atoms with Gasteiger partial charge in [-0.1, -0.05) is 77.8 Å². The third-order valence-electron chi connectivity index (χ3n) is 5.05. The summed E-state index contributed by atoms with van der Waals surface area (Å²) < 4.78 is 2.22. The molecular weight excluding hydrogens is 403 g/mol. The Morgan fingerprint density at radius 3 is 2.45 bits per heavy atom.